The minimum Gasteiger partial charge on any atom is -0.508 e. The van der Waals surface area contributed by atoms with Crippen LogP contribution >= 0.6 is 0 Å². The highest BCUT2D eigenvalue weighted by molar-refractivity contribution is 6.08. The molecule has 2 aromatic carbocycles. The first-order valence-corrected chi connectivity index (χ1v) is 6.44. The highest BCUT2D eigenvalue weighted by Crippen LogP contribution is 2.20. The van der Waals surface area contributed by atoms with Crippen LogP contribution in [0.5, 0.6) is 5.75 Å². The Labute approximate surface area is 127 Å². The highest BCUT2D eigenvalue weighted by Gasteiger charge is 2.10. The predicted molar refractivity (Wildman–Crippen MR) is 82.8 cm³/mol. The Morgan fingerprint density at radius 1 is 1.27 bits per heavy atom. The van der Waals surface area contributed by atoms with E-state index in [1.807, 2.05) is 6.07 Å². The molecular formula is C17H12N2O3. The average Bonchev–Trinajstić information content (AvgIpc) is 2.54. The molecule has 0 aliphatic heterocycles. The summed E-state index contributed by atoms with van der Waals surface area (Å²) in [7, 11) is 0. The Bertz CT molecular complexity index is 817. The lowest BCUT2D eigenvalue weighted by Crippen LogP contribution is -1.98. The van der Waals surface area contributed by atoms with Crippen LogP contribution in [0, 0.1) is 23.2 Å². The van der Waals surface area contributed by atoms with E-state index in [0.29, 0.717) is 5.56 Å². The fraction of sp³-hybridized carbons (Fsp3) is 0.0588. The number of aryl methyl sites for hydroxylation is 1. The normalized spacial score (nSPS) is 10.4. The van der Waals surface area contributed by atoms with Crippen molar-refractivity contribution < 1.29 is 9.90 Å². The maximum atomic E-state index is 12.1. The molecule has 0 spiro atoms. The number of hydrogen-bond donors (Lipinski definition) is 1. The number of hydrogen-bond acceptors (Lipinski definition) is 5. The number of carbonyl (C=O) groups is 1. The molecule has 0 radical (unpaired) electrons. The molecule has 108 valence electrons. The summed E-state index contributed by atoms with van der Waals surface area (Å²) in [6, 6.07) is 11.0. The Hall–Kier alpha value is -3.26. The molecule has 0 amide bonds. The van der Waals surface area contributed by atoms with Gasteiger partial charge in [0.2, 0.25) is 0 Å². The summed E-state index contributed by atoms with van der Waals surface area (Å²) in [6.07, 6.45) is 2.86. The van der Waals surface area contributed by atoms with Crippen molar-refractivity contribution in [3.8, 4) is 11.8 Å². The molecule has 0 saturated heterocycles. The molecule has 5 nitrogen and oxygen atoms in total. The minimum absolute atomic E-state index is 0.0958. The van der Waals surface area contributed by atoms with Crippen LogP contribution in [-0.2, 0) is 0 Å². The number of phenols is 1. The molecule has 0 aliphatic rings. The summed E-state index contributed by atoms with van der Waals surface area (Å²) in [6.45, 7) is 1.77. The van der Waals surface area contributed by atoms with Crippen LogP contribution in [0.25, 0.3) is 6.08 Å². The number of nitrogens with zero attached hydrogens (tertiary/aromatic N) is 2. The number of aromatic hydroxyl groups is 1. The Morgan fingerprint density at radius 2 is 2.05 bits per heavy atom. The van der Waals surface area contributed by atoms with Gasteiger partial charge in [0.15, 0.2) is 5.78 Å². The van der Waals surface area contributed by atoms with E-state index in [9.17, 15) is 14.8 Å². The summed E-state index contributed by atoms with van der Waals surface area (Å²) in [5.74, 6) is -0.220. The fourth-order valence-electron chi connectivity index (χ4n) is 1.89. The fourth-order valence-corrected chi connectivity index (χ4v) is 1.89. The first-order chi connectivity index (χ1) is 10.5. The molecule has 2 rings (SSSR count). The number of ketones is 1. The Kier molecular flexibility index (Phi) is 4.44. The van der Waals surface area contributed by atoms with Crippen LogP contribution in [-0.4, -0.2) is 10.9 Å². The van der Waals surface area contributed by atoms with Crippen LogP contribution in [0.1, 0.15) is 27.0 Å². The van der Waals surface area contributed by atoms with Crippen LogP contribution in [0.4, 0.5) is 5.69 Å². The zero-order valence-corrected chi connectivity index (χ0v) is 11.8. The lowest BCUT2D eigenvalue weighted by atomic mass is 10.0. The van der Waals surface area contributed by atoms with Crippen molar-refractivity contribution in [1.29, 1.82) is 5.26 Å². The quantitative estimate of drug-likeness (QED) is 0.526. The Balaban J connectivity index is 2.29. The van der Waals surface area contributed by atoms with Crippen molar-refractivity contribution in [2.45, 2.75) is 6.92 Å². The summed E-state index contributed by atoms with van der Waals surface area (Å²) in [4.78, 5) is 22.6. The van der Waals surface area contributed by atoms with E-state index < -0.39 is 0 Å². The number of benzene rings is 2. The molecular weight excluding hydrogens is 280 g/mol. The first-order valence-electron chi connectivity index (χ1n) is 6.44. The van der Waals surface area contributed by atoms with Crippen LogP contribution in [0.15, 0.2) is 47.7 Å². The molecule has 2 aromatic rings. The second-order valence-electron chi connectivity index (χ2n) is 4.68. The van der Waals surface area contributed by atoms with Gasteiger partial charge in [-0.25, -0.2) is 0 Å². The third-order valence-corrected chi connectivity index (χ3v) is 3.15. The third kappa shape index (κ3) is 3.25. The Morgan fingerprint density at radius 3 is 2.68 bits per heavy atom. The lowest BCUT2D eigenvalue weighted by molar-refractivity contribution is 0.104. The lowest BCUT2D eigenvalue weighted by Gasteiger charge is -2.01. The van der Waals surface area contributed by atoms with E-state index in [0.717, 1.165) is 5.56 Å². The summed E-state index contributed by atoms with van der Waals surface area (Å²) < 4.78 is 0. The third-order valence-electron chi connectivity index (χ3n) is 3.15. The second-order valence-corrected chi connectivity index (χ2v) is 4.68. The van der Waals surface area contributed by atoms with Crippen molar-refractivity contribution in [2.24, 2.45) is 5.18 Å². The van der Waals surface area contributed by atoms with Gasteiger partial charge in [0.1, 0.15) is 11.4 Å². The van der Waals surface area contributed by atoms with Crippen LogP contribution < -0.4 is 0 Å². The summed E-state index contributed by atoms with van der Waals surface area (Å²) >= 11 is 0. The molecule has 22 heavy (non-hydrogen) atoms. The molecule has 0 heterocycles. The van der Waals surface area contributed by atoms with Crippen LogP contribution in [0.3, 0.4) is 0 Å². The van der Waals surface area contributed by atoms with Gasteiger partial charge in [-0.2, -0.15) is 5.26 Å². The zero-order chi connectivity index (χ0) is 16.1. The maximum Gasteiger partial charge on any atom is 0.187 e. The SMILES string of the molecule is Cc1ccc(/C=C/C(=O)c2ccc(N=O)cc2C#N)cc1O. The van der Waals surface area contributed by atoms with Gasteiger partial charge < -0.3 is 5.11 Å². The molecule has 1 N–H and O–H groups in total. The minimum atomic E-state index is -0.367. The van der Waals surface area contributed by atoms with Gasteiger partial charge in [-0.1, -0.05) is 18.2 Å². The maximum absolute atomic E-state index is 12.1. The van der Waals surface area contributed by atoms with Crippen molar-refractivity contribution in [3.63, 3.8) is 0 Å². The van der Waals surface area contributed by atoms with Gasteiger partial charge in [0.05, 0.1) is 11.6 Å². The number of nitroso groups, excluding NO2 is 1. The van der Waals surface area contributed by atoms with E-state index in [-0.39, 0.29) is 28.3 Å². The van der Waals surface area contributed by atoms with Gasteiger partial charge in [0.25, 0.3) is 0 Å². The van der Waals surface area contributed by atoms with Crippen molar-refractivity contribution in [1.82, 2.24) is 0 Å². The van der Waals surface area contributed by atoms with Gasteiger partial charge in [-0.3, -0.25) is 4.79 Å². The van der Waals surface area contributed by atoms with E-state index in [1.165, 1.54) is 24.3 Å². The number of allylic oxidation sites excluding steroid dienone is 1. The van der Waals surface area contributed by atoms with E-state index in [4.69, 9.17) is 5.26 Å². The molecule has 0 aliphatic carbocycles. The first kappa shape index (κ1) is 15.1. The van der Waals surface area contributed by atoms with Gasteiger partial charge >= 0.3 is 0 Å². The average molecular weight is 292 g/mol. The van der Waals surface area contributed by atoms with Crippen molar-refractivity contribution in [3.05, 3.63) is 69.6 Å². The number of carbonyl (C=O) groups excluding carboxylic acids is 1. The largest absolute Gasteiger partial charge is 0.508 e. The molecule has 0 atom stereocenters. The van der Waals surface area contributed by atoms with E-state index in [1.54, 1.807) is 31.2 Å². The number of rotatable bonds is 4. The smallest absolute Gasteiger partial charge is 0.187 e. The van der Waals surface area contributed by atoms with Crippen molar-refractivity contribution >= 4 is 17.5 Å². The number of nitriles is 1. The van der Waals surface area contributed by atoms with Crippen molar-refractivity contribution in [2.75, 3.05) is 0 Å². The van der Waals surface area contributed by atoms with Gasteiger partial charge in [-0.05, 0) is 53.6 Å². The topological polar surface area (TPSA) is 90.5 Å². The molecule has 0 bridgehead atoms. The predicted octanol–water partition coefficient (Wildman–Crippen LogP) is 3.87. The van der Waals surface area contributed by atoms with Gasteiger partial charge in [0, 0.05) is 5.56 Å². The monoisotopic (exact) mass is 292 g/mol. The molecule has 0 aromatic heterocycles. The second kappa shape index (κ2) is 6.46. The van der Waals surface area contributed by atoms with Gasteiger partial charge in [-0.15, -0.1) is 4.91 Å². The molecule has 0 fully saturated rings. The molecule has 5 heteroatoms. The summed E-state index contributed by atoms with van der Waals surface area (Å²) in [5, 5.41) is 21.4. The summed E-state index contributed by atoms with van der Waals surface area (Å²) in [5.41, 5.74) is 1.80. The number of phenolic OH excluding ortho intramolecular Hbond substituents is 1. The highest BCUT2D eigenvalue weighted by atomic mass is 16.3. The molecule has 0 unspecified atom stereocenters. The van der Waals surface area contributed by atoms with Crippen LogP contribution in [0.2, 0.25) is 0 Å². The van der Waals surface area contributed by atoms with E-state index in [2.05, 4.69) is 5.18 Å². The van der Waals surface area contributed by atoms with E-state index >= 15 is 0 Å². The zero-order valence-electron chi connectivity index (χ0n) is 11.8. The molecule has 0 saturated carbocycles. The standard InChI is InChI=1S/C17H12N2O3/c1-11-2-3-12(8-17(11)21)4-7-16(20)15-6-5-14(19-22)9-13(15)10-18/h2-9,21H,1H3/b7-4+.